The van der Waals surface area contributed by atoms with Gasteiger partial charge in [-0.1, -0.05) is 0 Å². The molecule has 0 spiro atoms. The Bertz CT molecular complexity index is 75.3. The quantitative estimate of drug-likeness (QED) is 0.495. The molecule has 0 N–H and O–H groups in total. The van der Waals surface area contributed by atoms with E-state index in [4.69, 9.17) is 19.8 Å². The Labute approximate surface area is 95.7 Å². The molecule has 0 heterocycles. The number of hydrogen-bond donors (Lipinski definition) is 0. The van der Waals surface area contributed by atoms with Crippen LogP contribution in [0.3, 0.4) is 0 Å². The molecule has 0 aliphatic heterocycles. The fourth-order valence-electron chi connectivity index (χ4n) is 0. The fraction of sp³-hybridized carbons (Fsp3) is 0.500. The van der Waals surface area contributed by atoms with E-state index < -0.39 is 11.9 Å². The van der Waals surface area contributed by atoms with Gasteiger partial charge in [0.05, 0.1) is 0 Å². The summed E-state index contributed by atoms with van der Waals surface area (Å²) in [6.07, 6.45) is 0. The van der Waals surface area contributed by atoms with E-state index >= 15 is 0 Å². The molecule has 4 nitrogen and oxygen atoms in total. The third-order valence-electron chi connectivity index (χ3n) is 0. The zero-order chi connectivity index (χ0) is 7.15. The molecule has 0 aromatic rings. The topological polar surface area (TPSA) is 80.3 Å². The van der Waals surface area contributed by atoms with Crippen LogP contribution in [0.2, 0.25) is 0 Å². The summed E-state index contributed by atoms with van der Waals surface area (Å²) in [5, 5.41) is 17.8. The molecule has 0 bridgehead atoms. The van der Waals surface area contributed by atoms with Crippen molar-refractivity contribution in [1.29, 1.82) is 0 Å². The summed E-state index contributed by atoms with van der Waals surface area (Å²) >= 11 is 0. The molecule has 0 aromatic heterocycles. The fourth-order valence-corrected chi connectivity index (χ4v) is 0. The normalized spacial score (nSPS) is 4.55. The summed E-state index contributed by atoms with van der Waals surface area (Å²) in [6.45, 7) is 1.94. The van der Waals surface area contributed by atoms with Gasteiger partial charge >= 0.3 is 50.3 Å². The van der Waals surface area contributed by atoms with Gasteiger partial charge in [0.15, 0.2) is 0 Å². The van der Waals surface area contributed by atoms with Crippen LogP contribution in [0.4, 0.5) is 0 Å². The van der Waals surface area contributed by atoms with Crippen molar-refractivity contribution in [3.8, 4) is 0 Å². The third kappa shape index (κ3) is 3550. The average molecular weight is 295 g/mol. The van der Waals surface area contributed by atoms with Crippen LogP contribution in [0, 0.1) is 0 Å². The second kappa shape index (κ2) is 22.4. The smallest absolute Gasteiger partial charge is 0.550 e. The van der Waals surface area contributed by atoms with E-state index in [2.05, 4.69) is 0 Å². The van der Waals surface area contributed by atoms with E-state index in [1.165, 1.54) is 0 Å². The summed E-state index contributed by atoms with van der Waals surface area (Å²) in [7, 11) is 0. The number of carboxylic acids is 2. The van der Waals surface area contributed by atoms with Gasteiger partial charge in [-0.15, -0.1) is 0 Å². The molecule has 0 aromatic carbocycles. The van der Waals surface area contributed by atoms with Crippen LogP contribution in [-0.2, 0) is 59.9 Å². The molecule has 0 aliphatic carbocycles. The molecule has 0 aliphatic rings. The van der Waals surface area contributed by atoms with Crippen LogP contribution in [0.15, 0.2) is 0 Å². The SMILES string of the molecule is CC(=O)[O-].CC(=O)[O-].[Co+2].[Co+2].[Co+2]. The van der Waals surface area contributed by atoms with E-state index in [-0.39, 0.29) is 50.3 Å². The predicted octanol–water partition coefficient (Wildman–Crippen LogP) is -2.50. The maximum atomic E-state index is 8.89. The van der Waals surface area contributed by atoms with Gasteiger partial charge in [-0.05, 0) is 13.8 Å². The second-order valence-corrected chi connectivity index (χ2v) is 0.983. The van der Waals surface area contributed by atoms with Gasteiger partial charge in [0, 0.05) is 11.9 Å². The largest absolute Gasteiger partial charge is 2.00 e. The Hall–Kier alpha value is 0.459. The summed E-state index contributed by atoms with van der Waals surface area (Å²) in [5.41, 5.74) is 0. The Balaban J connectivity index is -0.0000000171. The van der Waals surface area contributed by atoms with Gasteiger partial charge in [0.1, 0.15) is 0 Å². The van der Waals surface area contributed by atoms with E-state index in [0.29, 0.717) is 0 Å². The Morgan fingerprint density at radius 1 is 0.818 bits per heavy atom. The molecule has 0 atom stereocenters. The van der Waals surface area contributed by atoms with Crippen molar-refractivity contribution < 1.29 is 70.1 Å². The molecular formula is C4H6Co3O4+4. The molecule has 11 heavy (non-hydrogen) atoms. The maximum absolute atomic E-state index is 8.89. The Morgan fingerprint density at radius 2 is 0.818 bits per heavy atom. The van der Waals surface area contributed by atoms with Crippen molar-refractivity contribution in [2.45, 2.75) is 13.8 Å². The summed E-state index contributed by atoms with van der Waals surface area (Å²) in [4.78, 5) is 17.8. The van der Waals surface area contributed by atoms with Crippen LogP contribution in [0.1, 0.15) is 13.8 Å². The van der Waals surface area contributed by atoms with Crippen molar-refractivity contribution >= 4 is 11.9 Å². The molecule has 69 valence electrons. The summed E-state index contributed by atoms with van der Waals surface area (Å²) < 4.78 is 0. The molecule has 0 saturated heterocycles. The van der Waals surface area contributed by atoms with Gasteiger partial charge in [-0.3, -0.25) is 0 Å². The van der Waals surface area contributed by atoms with Crippen LogP contribution in [0.25, 0.3) is 0 Å². The standard InChI is InChI=1S/2C2H4O2.3Co/c2*1-2(3)4;;;/h2*1H3,(H,3,4);;;/q;;3*+2/p-2. The average Bonchev–Trinajstić information content (AvgIpc) is 1.25. The van der Waals surface area contributed by atoms with E-state index in [9.17, 15) is 0 Å². The first-order valence-corrected chi connectivity index (χ1v) is 1.82. The van der Waals surface area contributed by atoms with E-state index in [1.807, 2.05) is 0 Å². The van der Waals surface area contributed by atoms with Crippen molar-refractivity contribution in [3.63, 3.8) is 0 Å². The number of carbonyl (C=O) groups excluding carboxylic acids is 2. The van der Waals surface area contributed by atoms with Crippen LogP contribution in [-0.4, -0.2) is 11.9 Å². The van der Waals surface area contributed by atoms with Crippen LogP contribution in [0.5, 0.6) is 0 Å². The zero-order valence-corrected chi connectivity index (χ0v) is 8.76. The monoisotopic (exact) mass is 295 g/mol. The van der Waals surface area contributed by atoms with Crippen molar-refractivity contribution in [3.05, 3.63) is 0 Å². The Kier molecular flexibility index (Phi) is 61.3. The van der Waals surface area contributed by atoms with Gasteiger partial charge < -0.3 is 19.8 Å². The minimum atomic E-state index is -1.08. The first-order chi connectivity index (χ1) is 3.46. The third-order valence-corrected chi connectivity index (χ3v) is 0. The summed E-state index contributed by atoms with van der Waals surface area (Å²) in [5.74, 6) is -2.17. The number of hydrogen-bond acceptors (Lipinski definition) is 4. The number of rotatable bonds is 0. The van der Waals surface area contributed by atoms with E-state index in [1.54, 1.807) is 0 Å². The molecular weight excluding hydrogens is 289 g/mol. The van der Waals surface area contributed by atoms with Crippen LogP contribution >= 0.6 is 0 Å². The van der Waals surface area contributed by atoms with Gasteiger partial charge in [0.25, 0.3) is 0 Å². The molecule has 0 amide bonds. The minimum Gasteiger partial charge on any atom is -0.550 e. The van der Waals surface area contributed by atoms with Crippen molar-refractivity contribution in [2.24, 2.45) is 0 Å². The minimum absolute atomic E-state index is 0. The molecule has 0 rings (SSSR count). The number of carboxylic acid groups (broad SMARTS) is 2. The first-order valence-electron chi connectivity index (χ1n) is 1.82. The van der Waals surface area contributed by atoms with Gasteiger partial charge in [-0.25, -0.2) is 0 Å². The predicted molar refractivity (Wildman–Crippen MR) is 21.4 cm³/mol. The molecule has 0 saturated carbocycles. The first kappa shape index (κ1) is 30.0. The van der Waals surface area contributed by atoms with Gasteiger partial charge in [0.2, 0.25) is 0 Å². The molecule has 3 radical (unpaired) electrons. The zero-order valence-electron chi connectivity index (χ0n) is 5.63. The number of aliphatic carboxylic acids is 2. The van der Waals surface area contributed by atoms with Crippen molar-refractivity contribution in [2.75, 3.05) is 0 Å². The molecule has 7 heteroatoms. The van der Waals surface area contributed by atoms with E-state index in [0.717, 1.165) is 13.8 Å². The Morgan fingerprint density at radius 3 is 0.818 bits per heavy atom. The molecule has 0 fully saturated rings. The second-order valence-electron chi connectivity index (χ2n) is 0.983. The number of carbonyl (C=O) groups is 2. The van der Waals surface area contributed by atoms with Crippen LogP contribution < -0.4 is 10.2 Å². The van der Waals surface area contributed by atoms with Crippen molar-refractivity contribution in [1.82, 2.24) is 0 Å². The maximum Gasteiger partial charge on any atom is 2.00 e. The summed E-state index contributed by atoms with van der Waals surface area (Å²) in [6, 6.07) is 0. The molecule has 0 unspecified atom stereocenters. The van der Waals surface area contributed by atoms with Gasteiger partial charge in [-0.2, -0.15) is 0 Å².